The van der Waals surface area contributed by atoms with Gasteiger partial charge in [0.2, 0.25) is 5.95 Å². The molecule has 3 heterocycles. The van der Waals surface area contributed by atoms with Crippen molar-refractivity contribution in [2.24, 2.45) is 5.92 Å². The predicted octanol–water partition coefficient (Wildman–Crippen LogP) is 1.75. The van der Waals surface area contributed by atoms with Crippen LogP contribution in [0.3, 0.4) is 0 Å². The second-order valence-corrected chi connectivity index (χ2v) is 6.14. The van der Waals surface area contributed by atoms with E-state index in [1.807, 2.05) is 13.2 Å². The van der Waals surface area contributed by atoms with Crippen molar-refractivity contribution in [1.29, 1.82) is 0 Å². The first kappa shape index (κ1) is 13.6. The number of fused-ring (bicyclic) bond motifs is 1. The van der Waals surface area contributed by atoms with Gasteiger partial charge >= 0.3 is 0 Å². The zero-order valence-electron chi connectivity index (χ0n) is 12.8. The molecule has 5 nitrogen and oxygen atoms in total. The molecule has 20 heavy (non-hydrogen) atoms. The summed E-state index contributed by atoms with van der Waals surface area (Å²) in [5.74, 6) is 2.61. The van der Waals surface area contributed by atoms with E-state index in [-0.39, 0.29) is 0 Å². The van der Waals surface area contributed by atoms with Crippen LogP contribution in [0.4, 0.5) is 11.8 Å². The van der Waals surface area contributed by atoms with Crippen LogP contribution in [0.5, 0.6) is 0 Å². The molecule has 2 atom stereocenters. The van der Waals surface area contributed by atoms with Crippen LogP contribution in [0.2, 0.25) is 0 Å². The first-order valence-electron chi connectivity index (χ1n) is 7.65. The Bertz CT molecular complexity index is 475. The number of hydrogen-bond donors (Lipinski definition) is 1. The van der Waals surface area contributed by atoms with Crippen LogP contribution in [0.15, 0.2) is 6.20 Å². The standard InChI is InChI=1S/C15H25N5/c1-11-9-17-15(16-2)18-14(11)20-8-6-13-12(10-20)5-4-7-19(13)3/h9,12-13H,4-8,10H2,1-3H3,(H,16,17,18). The van der Waals surface area contributed by atoms with Gasteiger partial charge in [-0.1, -0.05) is 0 Å². The minimum absolute atomic E-state index is 0.716. The lowest BCUT2D eigenvalue weighted by Crippen LogP contribution is -2.53. The topological polar surface area (TPSA) is 44.3 Å². The minimum atomic E-state index is 0.716. The van der Waals surface area contributed by atoms with E-state index < -0.39 is 0 Å². The molecule has 1 N–H and O–H groups in total. The Hall–Kier alpha value is -1.36. The molecule has 2 aliphatic rings. The number of piperidine rings is 2. The predicted molar refractivity (Wildman–Crippen MR) is 82.3 cm³/mol. The van der Waals surface area contributed by atoms with E-state index in [1.165, 1.54) is 31.4 Å². The van der Waals surface area contributed by atoms with Crippen LogP contribution in [0.25, 0.3) is 0 Å². The lowest BCUT2D eigenvalue weighted by molar-refractivity contribution is 0.102. The summed E-state index contributed by atoms with van der Waals surface area (Å²) in [6.45, 7) is 5.61. The van der Waals surface area contributed by atoms with Crippen molar-refractivity contribution in [3.8, 4) is 0 Å². The third-order valence-electron chi connectivity index (χ3n) is 4.81. The minimum Gasteiger partial charge on any atom is -0.357 e. The monoisotopic (exact) mass is 275 g/mol. The summed E-state index contributed by atoms with van der Waals surface area (Å²) in [6, 6.07) is 0.769. The zero-order valence-corrected chi connectivity index (χ0v) is 12.8. The van der Waals surface area contributed by atoms with Gasteiger partial charge in [0.25, 0.3) is 0 Å². The van der Waals surface area contributed by atoms with E-state index in [0.29, 0.717) is 5.95 Å². The molecule has 2 saturated heterocycles. The quantitative estimate of drug-likeness (QED) is 0.891. The lowest BCUT2D eigenvalue weighted by Gasteiger charge is -2.46. The molecule has 0 spiro atoms. The van der Waals surface area contributed by atoms with Crippen molar-refractivity contribution in [3.05, 3.63) is 11.8 Å². The summed E-state index contributed by atoms with van der Waals surface area (Å²) >= 11 is 0. The molecule has 1 aromatic rings. The highest BCUT2D eigenvalue weighted by molar-refractivity contribution is 5.49. The molecule has 110 valence electrons. The summed E-state index contributed by atoms with van der Waals surface area (Å²) in [5.41, 5.74) is 1.17. The molecule has 3 rings (SSSR count). The average Bonchev–Trinajstić information content (AvgIpc) is 2.48. The van der Waals surface area contributed by atoms with Gasteiger partial charge in [-0.15, -0.1) is 0 Å². The summed E-state index contributed by atoms with van der Waals surface area (Å²) in [4.78, 5) is 14.0. The Labute approximate surface area is 121 Å². The lowest BCUT2D eigenvalue weighted by atomic mass is 9.84. The van der Waals surface area contributed by atoms with Gasteiger partial charge in [0.05, 0.1) is 0 Å². The molecule has 1 aromatic heterocycles. The van der Waals surface area contributed by atoms with Crippen LogP contribution in [0, 0.1) is 12.8 Å². The SMILES string of the molecule is CNc1ncc(C)c(N2CCC3C(CCCN3C)C2)n1. The molecule has 0 aromatic carbocycles. The maximum Gasteiger partial charge on any atom is 0.224 e. The molecule has 0 amide bonds. The molecule has 0 saturated carbocycles. The van der Waals surface area contributed by atoms with Gasteiger partial charge < -0.3 is 15.1 Å². The van der Waals surface area contributed by atoms with E-state index in [1.54, 1.807) is 0 Å². The third-order valence-corrected chi connectivity index (χ3v) is 4.81. The van der Waals surface area contributed by atoms with Crippen molar-refractivity contribution >= 4 is 11.8 Å². The van der Waals surface area contributed by atoms with E-state index in [2.05, 4.69) is 39.1 Å². The molecule has 0 bridgehead atoms. The van der Waals surface area contributed by atoms with Crippen molar-refractivity contribution in [2.75, 3.05) is 43.9 Å². The summed E-state index contributed by atoms with van der Waals surface area (Å²) in [6.07, 6.45) is 5.86. The Morgan fingerprint density at radius 3 is 2.95 bits per heavy atom. The summed E-state index contributed by atoms with van der Waals surface area (Å²) in [5, 5.41) is 3.04. The highest BCUT2D eigenvalue weighted by atomic mass is 15.3. The summed E-state index contributed by atoms with van der Waals surface area (Å²) in [7, 11) is 4.15. The van der Waals surface area contributed by atoms with Crippen molar-refractivity contribution in [2.45, 2.75) is 32.2 Å². The van der Waals surface area contributed by atoms with Crippen LogP contribution in [0.1, 0.15) is 24.8 Å². The van der Waals surface area contributed by atoms with Crippen LogP contribution in [-0.4, -0.2) is 54.6 Å². The molecule has 2 fully saturated rings. The van der Waals surface area contributed by atoms with Crippen molar-refractivity contribution < 1.29 is 0 Å². The first-order valence-corrected chi connectivity index (χ1v) is 7.65. The number of nitrogens with zero attached hydrogens (tertiary/aromatic N) is 4. The number of rotatable bonds is 2. The normalized spacial score (nSPS) is 27.2. The van der Waals surface area contributed by atoms with E-state index >= 15 is 0 Å². The summed E-state index contributed by atoms with van der Waals surface area (Å²) < 4.78 is 0. The highest BCUT2D eigenvalue weighted by Crippen LogP contribution is 2.32. The fraction of sp³-hybridized carbons (Fsp3) is 0.733. The smallest absolute Gasteiger partial charge is 0.224 e. The van der Waals surface area contributed by atoms with Gasteiger partial charge in [0, 0.05) is 37.9 Å². The van der Waals surface area contributed by atoms with Crippen LogP contribution >= 0.6 is 0 Å². The van der Waals surface area contributed by atoms with E-state index in [9.17, 15) is 0 Å². The molecule has 2 aliphatic heterocycles. The molecular weight excluding hydrogens is 250 g/mol. The fourth-order valence-corrected chi connectivity index (χ4v) is 3.72. The Balaban J connectivity index is 1.79. The molecule has 0 aliphatic carbocycles. The maximum absolute atomic E-state index is 4.66. The van der Waals surface area contributed by atoms with Crippen molar-refractivity contribution in [3.63, 3.8) is 0 Å². The average molecular weight is 275 g/mol. The van der Waals surface area contributed by atoms with Crippen LogP contribution < -0.4 is 10.2 Å². The number of anilines is 2. The number of nitrogens with one attached hydrogen (secondary N) is 1. The van der Waals surface area contributed by atoms with Crippen LogP contribution in [-0.2, 0) is 0 Å². The molecule has 2 unspecified atom stereocenters. The number of aryl methyl sites for hydroxylation is 1. The Morgan fingerprint density at radius 1 is 1.30 bits per heavy atom. The van der Waals surface area contributed by atoms with Gasteiger partial charge in [-0.2, -0.15) is 4.98 Å². The Morgan fingerprint density at radius 2 is 2.15 bits per heavy atom. The number of likely N-dealkylation sites (tertiary alicyclic amines) is 1. The second kappa shape index (κ2) is 5.56. The number of hydrogen-bond acceptors (Lipinski definition) is 5. The molecule has 5 heteroatoms. The largest absolute Gasteiger partial charge is 0.357 e. The van der Waals surface area contributed by atoms with E-state index in [4.69, 9.17) is 0 Å². The second-order valence-electron chi connectivity index (χ2n) is 6.14. The van der Waals surface area contributed by atoms with E-state index in [0.717, 1.165) is 30.9 Å². The Kier molecular flexibility index (Phi) is 3.78. The van der Waals surface area contributed by atoms with Crippen molar-refractivity contribution in [1.82, 2.24) is 14.9 Å². The van der Waals surface area contributed by atoms with Gasteiger partial charge in [-0.25, -0.2) is 4.98 Å². The third kappa shape index (κ3) is 2.46. The molecule has 0 radical (unpaired) electrons. The van der Waals surface area contributed by atoms with Gasteiger partial charge in [0.15, 0.2) is 0 Å². The van der Waals surface area contributed by atoms with Gasteiger partial charge in [0.1, 0.15) is 5.82 Å². The van der Waals surface area contributed by atoms with Gasteiger partial charge in [-0.05, 0) is 45.7 Å². The van der Waals surface area contributed by atoms with Gasteiger partial charge in [-0.3, -0.25) is 0 Å². The first-order chi connectivity index (χ1) is 9.69. The fourth-order valence-electron chi connectivity index (χ4n) is 3.72. The highest BCUT2D eigenvalue weighted by Gasteiger charge is 2.34. The molecular formula is C15H25N5. The maximum atomic E-state index is 4.66. The number of aromatic nitrogens is 2. The zero-order chi connectivity index (χ0) is 14.1.